The van der Waals surface area contributed by atoms with E-state index in [1.165, 1.54) is 32.5 Å². The first-order valence-corrected chi connectivity index (χ1v) is 22.4. The number of aryl methyl sites for hydroxylation is 1. The maximum atomic E-state index is 6.90. The van der Waals surface area contributed by atoms with Gasteiger partial charge in [0, 0.05) is 70.9 Å². The number of furan rings is 3. The Labute approximate surface area is 371 Å². The summed E-state index contributed by atoms with van der Waals surface area (Å²) in [6, 6.07) is 65.5. The summed E-state index contributed by atoms with van der Waals surface area (Å²) in [5.41, 5.74) is 16.9. The van der Waals surface area contributed by atoms with E-state index in [0.717, 1.165) is 124 Å². The van der Waals surface area contributed by atoms with Crippen LogP contribution in [0.2, 0.25) is 0 Å². The predicted molar refractivity (Wildman–Crippen MR) is 268 cm³/mol. The van der Waals surface area contributed by atoms with E-state index in [4.69, 9.17) is 13.3 Å². The van der Waals surface area contributed by atoms with Gasteiger partial charge >= 0.3 is 0 Å². The lowest BCUT2D eigenvalue weighted by molar-refractivity contribution is 0.596. The summed E-state index contributed by atoms with van der Waals surface area (Å²) in [6.07, 6.45) is 6.40. The molecule has 5 aromatic heterocycles. The molecule has 5 heteroatoms. The summed E-state index contributed by atoms with van der Waals surface area (Å²) in [4.78, 5) is 0. The molecule has 1 aliphatic rings. The average Bonchev–Trinajstić information content (AvgIpc) is 4.18. The molecule has 9 aromatic carbocycles. The lowest BCUT2D eigenvalue weighted by Gasteiger charge is -2.09. The largest absolute Gasteiger partial charge is 0.456 e. The number of fused-ring (bicyclic) bond motifs is 15. The van der Waals surface area contributed by atoms with Crippen molar-refractivity contribution in [2.45, 2.75) is 12.8 Å². The number of allylic oxidation sites excluding steroid dienone is 1. The van der Waals surface area contributed by atoms with Gasteiger partial charge in [0.2, 0.25) is 0 Å². The zero-order valence-corrected chi connectivity index (χ0v) is 35.0. The van der Waals surface area contributed by atoms with Gasteiger partial charge in [-0.05, 0) is 96.8 Å². The molecule has 0 fully saturated rings. The molecule has 1 aliphatic carbocycles. The Balaban J connectivity index is 0.883. The van der Waals surface area contributed by atoms with Crippen LogP contribution in [0.4, 0.5) is 0 Å². The average molecular weight is 833 g/mol. The van der Waals surface area contributed by atoms with Crippen molar-refractivity contribution in [3.8, 4) is 33.6 Å². The van der Waals surface area contributed by atoms with Gasteiger partial charge in [-0.3, -0.25) is 0 Å². The minimum Gasteiger partial charge on any atom is -0.456 e. The van der Waals surface area contributed by atoms with E-state index in [1.54, 1.807) is 0 Å². The summed E-state index contributed by atoms with van der Waals surface area (Å²) in [5, 5.41) is 10.4. The second-order valence-corrected chi connectivity index (χ2v) is 17.5. The lowest BCUT2D eigenvalue weighted by atomic mass is 9.97. The van der Waals surface area contributed by atoms with Gasteiger partial charge in [0.25, 0.3) is 0 Å². The Hall–Kier alpha value is -8.54. The monoisotopic (exact) mass is 832 g/mol. The first kappa shape index (κ1) is 35.0. The Morgan fingerprint density at radius 2 is 0.938 bits per heavy atom. The molecule has 0 unspecified atom stereocenters. The molecular weight excluding hydrogens is 797 g/mol. The molecule has 0 atom stereocenters. The lowest BCUT2D eigenvalue weighted by Crippen LogP contribution is -1.94. The van der Waals surface area contributed by atoms with Crippen molar-refractivity contribution in [1.29, 1.82) is 0 Å². The SMILES string of the molecule is C1=Cc2oc3c(-c4ccc5c(c4)c4ccccc4n5-c4ccc5oc6c(-n7c8ccccc8c8cc(-c9cccc%10c9oc9ccccc9%10)ccc87)cccc6c5c4)cccc3c2CC1. The number of benzene rings is 9. The fourth-order valence-electron chi connectivity index (χ4n) is 11.1. The highest BCUT2D eigenvalue weighted by Gasteiger charge is 2.22. The van der Waals surface area contributed by atoms with E-state index in [2.05, 4.69) is 191 Å². The highest BCUT2D eigenvalue weighted by atomic mass is 16.3. The fraction of sp³-hybridized carbons (Fsp3) is 0.0333. The standard InChI is InChI=1S/C60H36N2O3/c1-5-21-50-40(12-1)47-32-35(38-16-9-18-44-42-14-3-7-24-55(42)63-58(38)44)26-29-52(47)61(50)37-28-31-57-49(34-37)46-20-11-23-54(60(46)65-57)62-51-22-6-2-13-41(51)48-33-36(27-30-53(48)62)39-17-10-19-45-43-15-4-8-25-56(43)64-59(39)45/h1-2,4-13,15-34H,3,14H2. The Bertz CT molecular complexity index is 4370. The van der Waals surface area contributed by atoms with Crippen LogP contribution >= 0.6 is 0 Å². The number of para-hydroxylation sites is 6. The van der Waals surface area contributed by atoms with Crippen LogP contribution in [0.1, 0.15) is 17.7 Å². The van der Waals surface area contributed by atoms with E-state index < -0.39 is 0 Å². The zero-order chi connectivity index (χ0) is 42.3. The maximum absolute atomic E-state index is 6.90. The van der Waals surface area contributed by atoms with Gasteiger partial charge in [-0.1, -0.05) is 121 Å². The maximum Gasteiger partial charge on any atom is 0.159 e. The van der Waals surface area contributed by atoms with Crippen molar-refractivity contribution in [1.82, 2.24) is 9.13 Å². The molecule has 0 saturated carbocycles. The van der Waals surface area contributed by atoms with Crippen LogP contribution in [0.5, 0.6) is 0 Å². The third-order valence-corrected chi connectivity index (χ3v) is 14.0. The van der Waals surface area contributed by atoms with E-state index in [1.807, 2.05) is 12.1 Å². The van der Waals surface area contributed by atoms with Crippen LogP contribution in [0.25, 0.3) is 138 Å². The minimum atomic E-state index is 0.852. The van der Waals surface area contributed by atoms with Gasteiger partial charge in [0.15, 0.2) is 5.58 Å². The summed E-state index contributed by atoms with van der Waals surface area (Å²) >= 11 is 0. The molecule has 0 amide bonds. The molecule has 5 nitrogen and oxygen atoms in total. The molecule has 0 spiro atoms. The smallest absolute Gasteiger partial charge is 0.159 e. The predicted octanol–water partition coefficient (Wildman–Crippen LogP) is 16.7. The Morgan fingerprint density at radius 1 is 0.369 bits per heavy atom. The van der Waals surface area contributed by atoms with Crippen molar-refractivity contribution in [3.63, 3.8) is 0 Å². The van der Waals surface area contributed by atoms with Crippen LogP contribution in [0.3, 0.4) is 0 Å². The zero-order valence-electron chi connectivity index (χ0n) is 35.0. The van der Waals surface area contributed by atoms with Gasteiger partial charge in [-0.15, -0.1) is 0 Å². The highest BCUT2D eigenvalue weighted by Crippen LogP contribution is 2.44. The third kappa shape index (κ3) is 4.87. The first-order chi connectivity index (χ1) is 32.2. The van der Waals surface area contributed by atoms with Crippen molar-refractivity contribution in [2.75, 3.05) is 0 Å². The molecule has 15 rings (SSSR count). The van der Waals surface area contributed by atoms with Crippen LogP contribution in [-0.2, 0) is 6.42 Å². The minimum absolute atomic E-state index is 0.852. The van der Waals surface area contributed by atoms with Crippen LogP contribution in [-0.4, -0.2) is 9.13 Å². The highest BCUT2D eigenvalue weighted by molar-refractivity contribution is 6.16. The summed E-state index contributed by atoms with van der Waals surface area (Å²) in [7, 11) is 0. The van der Waals surface area contributed by atoms with Gasteiger partial charge < -0.3 is 22.4 Å². The van der Waals surface area contributed by atoms with Crippen molar-refractivity contribution in [3.05, 3.63) is 199 Å². The number of aromatic nitrogens is 2. The van der Waals surface area contributed by atoms with E-state index in [9.17, 15) is 0 Å². The topological polar surface area (TPSA) is 49.3 Å². The van der Waals surface area contributed by atoms with Crippen LogP contribution < -0.4 is 0 Å². The molecule has 0 bridgehead atoms. The van der Waals surface area contributed by atoms with Gasteiger partial charge in [-0.25, -0.2) is 0 Å². The van der Waals surface area contributed by atoms with Crippen molar-refractivity contribution < 1.29 is 13.3 Å². The van der Waals surface area contributed by atoms with Crippen molar-refractivity contribution >= 4 is 105 Å². The molecule has 65 heavy (non-hydrogen) atoms. The third-order valence-electron chi connectivity index (χ3n) is 14.0. The molecule has 0 N–H and O–H groups in total. The number of hydrogen-bond acceptors (Lipinski definition) is 3. The van der Waals surface area contributed by atoms with E-state index >= 15 is 0 Å². The van der Waals surface area contributed by atoms with E-state index in [-0.39, 0.29) is 0 Å². The molecule has 0 saturated heterocycles. The first-order valence-electron chi connectivity index (χ1n) is 22.4. The van der Waals surface area contributed by atoms with Crippen LogP contribution in [0.15, 0.2) is 201 Å². The Kier molecular flexibility index (Phi) is 7.00. The number of nitrogens with zero attached hydrogens (tertiary/aromatic N) is 2. The number of rotatable bonds is 4. The molecule has 0 aliphatic heterocycles. The summed E-state index contributed by atoms with van der Waals surface area (Å²) in [6.45, 7) is 0. The molecule has 5 heterocycles. The Morgan fingerprint density at radius 3 is 1.71 bits per heavy atom. The van der Waals surface area contributed by atoms with E-state index in [0.29, 0.717) is 0 Å². The van der Waals surface area contributed by atoms with Crippen molar-refractivity contribution in [2.24, 2.45) is 0 Å². The number of hydrogen-bond donors (Lipinski definition) is 0. The molecule has 0 radical (unpaired) electrons. The second-order valence-electron chi connectivity index (χ2n) is 17.5. The second kappa shape index (κ2) is 13.0. The molecule has 304 valence electrons. The summed E-state index contributed by atoms with van der Waals surface area (Å²) < 4.78 is 24.7. The summed E-state index contributed by atoms with van der Waals surface area (Å²) in [5.74, 6) is 0.989. The quantitative estimate of drug-likeness (QED) is 0.177. The van der Waals surface area contributed by atoms with Gasteiger partial charge in [0.05, 0.1) is 27.8 Å². The molecule has 14 aromatic rings. The van der Waals surface area contributed by atoms with Gasteiger partial charge in [0.1, 0.15) is 28.1 Å². The van der Waals surface area contributed by atoms with Gasteiger partial charge in [-0.2, -0.15) is 0 Å². The normalized spacial score (nSPS) is 13.0. The molecular formula is C60H36N2O3. The fourth-order valence-corrected chi connectivity index (χ4v) is 11.1. The van der Waals surface area contributed by atoms with Crippen LogP contribution in [0, 0.1) is 0 Å².